The van der Waals surface area contributed by atoms with E-state index in [2.05, 4.69) is 273 Å². The fraction of sp³-hybridized carbons (Fsp3) is 0.121. The molecule has 0 radical (unpaired) electrons. The highest BCUT2D eigenvalue weighted by Crippen LogP contribution is 2.57. The highest BCUT2D eigenvalue weighted by molar-refractivity contribution is 7.17. The molecule has 0 N–H and O–H groups in total. The first-order valence-electron chi connectivity index (χ1n) is 23.8. The Balaban J connectivity index is 1.65. The van der Waals surface area contributed by atoms with E-state index in [0.29, 0.717) is 0 Å². The molecular weight excluding hydrogens is 821 g/mol. The van der Waals surface area contributed by atoms with Crippen LogP contribution >= 0.6 is 0 Å². The quantitative estimate of drug-likeness (QED) is 0.0948. The molecule has 0 aromatic heterocycles. The van der Waals surface area contributed by atoms with Gasteiger partial charge in [0, 0.05) is 5.04 Å². The van der Waals surface area contributed by atoms with E-state index in [1.165, 1.54) is 116 Å². The first kappa shape index (κ1) is 43.6. The van der Waals surface area contributed by atoms with Crippen LogP contribution < -0.4 is 15.6 Å². The smallest absolute Gasteiger partial charge is 0.0730 e. The lowest BCUT2D eigenvalue weighted by Gasteiger charge is -2.52. The SMILES string of the molecule is CC1=CC(C)([Si](c2c(-c3ccccc3)ccc(C)c2-c2ccccc2)(c2c(-c3ccccc3)ccc(C)c2-c2ccccc2)c2c(-c3ccccc3)ccc(C)c2-c2ccccc2)C(C)=C1C. The molecule has 326 valence electrons. The van der Waals surface area contributed by atoms with Crippen molar-refractivity contribution in [2.45, 2.75) is 53.5 Å². The van der Waals surface area contributed by atoms with Gasteiger partial charge in [0.1, 0.15) is 0 Å². The van der Waals surface area contributed by atoms with Gasteiger partial charge in [-0.1, -0.05) is 243 Å². The van der Waals surface area contributed by atoms with Crippen LogP contribution in [-0.2, 0) is 0 Å². The van der Waals surface area contributed by atoms with Crippen LogP contribution in [-0.4, -0.2) is 8.07 Å². The minimum absolute atomic E-state index is 0.524. The molecule has 1 atom stereocenters. The van der Waals surface area contributed by atoms with E-state index in [1.807, 2.05) is 0 Å². The Morgan fingerprint density at radius 2 is 0.552 bits per heavy atom. The molecule has 1 heteroatoms. The third-order valence-corrected chi connectivity index (χ3v) is 20.9. The molecule has 10 rings (SSSR count). The van der Waals surface area contributed by atoms with Crippen LogP contribution in [0.3, 0.4) is 0 Å². The van der Waals surface area contributed by atoms with Gasteiger partial charge in [-0.2, -0.15) is 0 Å². The van der Waals surface area contributed by atoms with Gasteiger partial charge < -0.3 is 0 Å². The van der Waals surface area contributed by atoms with Crippen LogP contribution in [0.4, 0.5) is 0 Å². The van der Waals surface area contributed by atoms with E-state index < -0.39 is 13.1 Å². The van der Waals surface area contributed by atoms with E-state index in [0.717, 1.165) is 0 Å². The Morgan fingerprint density at radius 3 is 0.791 bits per heavy atom. The summed E-state index contributed by atoms with van der Waals surface area (Å²) in [5.41, 5.74) is 23.1. The third kappa shape index (κ3) is 7.21. The summed E-state index contributed by atoms with van der Waals surface area (Å²) >= 11 is 0. The number of hydrogen-bond acceptors (Lipinski definition) is 0. The summed E-state index contributed by atoms with van der Waals surface area (Å²) in [6, 6.07) is 82.3. The maximum atomic E-state index is 2.72. The zero-order valence-electron chi connectivity index (χ0n) is 39.9. The monoisotopic (exact) mass is 878 g/mol. The Kier molecular flexibility index (Phi) is 11.6. The standard InChI is InChI=1S/C66H58Si/c1-45-38-41-57(51-26-14-8-15-27-51)63(60(45)54-32-20-11-21-33-54)67(66(7)44-48(4)49(5)50(66)6,64-58(52-28-16-9-17-29-52)42-39-46(2)61(64)55-34-22-12-23-35-55)65-59(53-30-18-10-19-31-53)43-40-47(3)62(65)56-36-24-13-25-37-56/h8-44H,1-7H3. The summed E-state index contributed by atoms with van der Waals surface area (Å²) in [6.07, 6.45) is 2.72. The molecule has 0 spiro atoms. The van der Waals surface area contributed by atoms with E-state index >= 15 is 0 Å². The number of benzene rings is 9. The van der Waals surface area contributed by atoms with Crippen LogP contribution in [0.2, 0.25) is 5.04 Å². The number of rotatable bonds is 10. The van der Waals surface area contributed by atoms with E-state index in [-0.39, 0.29) is 0 Å². The molecule has 0 amide bonds. The van der Waals surface area contributed by atoms with Gasteiger partial charge in [-0.05, 0) is 146 Å². The predicted octanol–water partition coefficient (Wildman–Crippen LogP) is 16.1. The third-order valence-electron chi connectivity index (χ3n) is 15.0. The Hall–Kier alpha value is -7.32. The molecule has 0 bridgehead atoms. The van der Waals surface area contributed by atoms with Crippen LogP contribution in [0.25, 0.3) is 66.8 Å². The summed E-state index contributed by atoms with van der Waals surface area (Å²) < 4.78 is 0. The molecule has 0 fully saturated rings. The molecule has 0 nitrogen and oxygen atoms in total. The van der Waals surface area contributed by atoms with Crippen molar-refractivity contribution < 1.29 is 0 Å². The molecule has 0 saturated carbocycles. The molecule has 0 aliphatic heterocycles. The minimum atomic E-state index is -3.85. The average molecular weight is 879 g/mol. The molecule has 9 aromatic rings. The largest absolute Gasteiger partial charge is 0.166 e. The van der Waals surface area contributed by atoms with E-state index in [4.69, 9.17) is 0 Å². The second-order valence-corrected chi connectivity index (χ2v) is 22.8. The zero-order valence-corrected chi connectivity index (χ0v) is 40.9. The summed E-state index contributed by atoms with van der Waals surface area (Å²) in [5.74, 6) is 0. The average Bonchev–Trinajstić information content (AvgIpc) is 3.58. The van der Waals surface area contributed by atoms with Gasteiger partial charge in [0.15, 0.2) is 8.07 Å². The van der Waals surface area contributed by atoms with Crippen LogP contribution in [0.5, 0.6) is 0 Å². The maximum Gasteiger partial charge on any atom is 0.166 e. The van der Waals surface area contributed by atoms with Crippen LogP contribution in [0.1, 0.15) is 44.4 Å². The van der Waals surface area contributed by atoms with Crippen molar-refractivity contribution in [3.05, 3.63) is 258 Å². The summed E-state index contributed by atoms with van der Waals surface area (Å²) in [6.45, 7) is 16.9. The molecule has 0 saturated heterocycles. The number of hydrogen-bond donors (Lipinski definition) is 0. The molecule has 0 heterocycles. The second kappa shape index (κ2) is 17.8. The summed E-state index contributed by atoms with van der Waals surface area (Å²) in [4.78, 5) is 0. The van der Waals surface area contributed by atoms with Crippen LogP contribution in [0, 0.1) is 20.8 Å². The van der Waals surface area contributed by atoms with Gasteiger partial charge in [0.2, 0.25) is 0 Å². The maximum absolute atomic E-state index is 3.85. The van der Waals surface area contributed by atoms with Gasteiger partial charge >= 0.3 is 0 Å². The van der Waals surface area contributed by atoms with Gasteiger partial charge in [-0.25, -0.2) is 0 Å². The number of allylic oxidation sites excluding steroid dienone is 4. The highest BCUT2D eigenvalue weighted by Gasteiger charge is 2.61. The molecule has 9 aromatic carbocycles. The van der Waals surface area contributed by atoms with Crippen molar-refractivity contribution in [3.8, 4) is 66.8 Å². The normalized spacial score (nSPS) is 14.9. The van der Waals surface area contributed by atoms with Crippen molar-refractivity contribution >= 4 is 23.6 Å². The molecule has 67 heavy (non-hydrogen) atoms. The summed E-state index contributed by atoms with van der Waals surface area (Å²) in [7, 11) is -3.85. The Labute approximate surface area is 399 Å². The molecule has 1 aliphatic rings. The van der Waals surface area contributed by atoms with Gasteiger partial charge in [0.25, 0.3) is 0 Å². The zero-order chi connectivity index (χ0) is 46.3. The van der Waals surface area contributed by atoms with Crippen molar-refractivity contribution in [3.63, 3.8) is 0 Å². The van der Waals surface area contributed by atoms with Crippen molar-refractivity contribution in [1.82, 2.24) is 0 Å². The highest BCUT2D eigenvalue weighted by atomic mass is 28.3. The lowest BCUT2D eigenvalue weighted by Crippen LogP contribution is -2.75. The van der Waals surface area contributed by atoms with Crippen LogP contribution in [0.15, 0.2) is 241 Å². The first-order valence-corrected chi connectivity index (χ1v) is 25.8. The predicted molar refractivity (Wildman–Crippen MR) is 291 cm³/mol. The van der Waals surface area contributed by atoms with Gasteiger partial charge in [-0.3, -0.25) is 0 Å². The molecular formula is C66H58Si. The molecule has 1 unspecified atom stereocenters. The van der Waals surface area contributed by atoms with E-state index in [1.54, 1.807) is 0 Å². The fourth-order valence-electron chi connectivity index (χ4n) is 11.7. The Bertz CT molecular complexity index is 2990. The van der Waals surface area contributed by atoms with Crippen molar-refractivity contribution in [2.75, 3.05) is 0 Å². The lowest BCUT2D eigenvalue weighted by atomic mass is 9.93. The van der Waals surface area contributed by atoms with Gasteiger partial charge in [-0.15, -0.1) is 0 Å². The summed E-state index contributed by atoms with van der Waals surface area (Å²) in [5, 5.41) is 3.78. The lowest BCUT2D eigenvalue weighted by molar-refractivity contribution is 0.871. The van der Waals surface area contributed by atoms with Gasteiger partial charge in [0.05, 0.1) is 0 Å². The fourth-order valence-corrected chi connectivity index (χ4v) is 19.2. The van der Waals surface area contributed by atoms with Crippen molar-refractivity contribution in [1.29, 1.82) is 0 Å². The second-order valence-electron chi connectivity index (χ2n) is 18.8. The first-order chi connectivity index (χ1) is 32.6. The number of aryl methyl sites for hydroxylation is 3. The topological polar surface area (TPSA) is 0 Å². The molecule has 1 aliphatic carbocycles. The van der Waals surface area contributed by atoms with E-state index in [9.17, 15) is 0 Å². The van der Waals surface area contributed by atoms with Crippen molar-refractivity contribution in [2.24, 2.45) is 0 Å². The minimum Gasteiger partial charge on any atom is -0.0730 e. The Morgan fingerprint density at radius 1 is 0.299 bits per heavy atom.